The Morgan fingerprint density at radius 2 is 1.54 bits per heavy atom. The fourth-order valence-electron chi connectivity index (χ4n) is 0.743. The van der Waals surface area contributed by atoms with Gasteiger partial charge in [0.2, 0.25) is 0 Å². The van der Waals surface area contributed by atoms with Crippen LogP contribution in [0, 0.1) is 12.3 Å². The van der Waals surface area contributed by atoms with Crippen LogP contribution in [0.2, 0.25) is 0 Å². The van der Waals surface area contributed by atoms with Crippen molar-refractivity contribution in [3.63, 3.8) is 0 Å². The predicted octanol–water partition coefficient (Wildman–Crippen LogP) is 2.64. The van der Waals surface area contributed by atoms with E-state index in [2.05, 4.69) is 0 Å². The van der Waals surface area contributed by atoms with Gasteiger partial charge in [0.15, 0.2) is 0 Å². The van der Waals surface area contributed by atoms with Crippen LogP contribution in [-0.4, -0.2) is 0 Å². The Kier molecular flexibility index (Phi) is 4.06. The Morgan fingerprint density at radius 1 is 1.08 bits per heavy atom. The molecule has 0 aliphatic rings. The topological polar surface area (TPSA) is 0 Å². The fraction of sp³-hybridized carbons (Fsp3) is 0.111. The first-order chi connectivity index (χ1) is 5.54. The molecule has 0 spiro atoms. The molecule has 0 unspecified atom stereocenters. The standard InChI is InChI=1S/C9H4F3.Cu/c1-2-7-3-5-8(6-4-7)9(10,11)12;/h3-6H;/q-1;+1. The van der Waals surface area contributed by atoms with Crippen LogP contribution in [0.1, 0.15) is 11.1 Å². The van der Waals surface area contributed by atoms with E-state index in [1.165, 1.54) is 12.1 Å². The second-order valence-electron chi connectivity index (χ2n) is 2.20. The Labute approximate surface area is 84.6 Å². The number of rotatable bonds is 0. The van der Waals surface area contributed by atoms with Crippen LogP contribution in [0.3, 0.4) is 0 Å². The zero-order valence-electron chi connectivity index (χ0n) is 6.24. The molecule has 0 fully saturated rings. The molecule has 1 aromatic carbocycles. The molecule has 0 amide bonds. The van der Waals surface area contributed by atoms with Crippen LogP contribution in [0.15, 0.2) is 24.3 Å². The molecule has 4 heteroatoms. The van der Waals surface area contributed by atoms with Crippen LogP contribution in [0.4, 0.5) is 13.2 Å². The summed E-state index contributed by atoms with van der Waals surface area (Å²) < 4.78 is 35.9. The molecular formula is C9H4CuF3. The summed E-state index contributed by atoms with van der Waals surface area (Å²) in [6, 6.07) is 4.26. The van der Waals surface area contributed by atoms with Crippen molar-refractivity contribution in [2.45, 2.75) is 6.18 Å². The maximum atomic E-state index is 12.0. The Balaban J connectivity index is 0.00000144. The molecule has 0 saturated heterocycles. The largest absolute Gasteiger partial charge is 1.00 e. The van der Waals surface area contributed by atoms with E-state index in [1.807, 2.05) is 5.92 Å². The molecule has 0 N–H and O–H groups in total. The molecule has 0 aromatic heterocycles. The average molecular weight is 233 g/mol. The summed E-state index contributed by atoms with van der Waals surface area (Å²) in [5.41, 5.74) is -0.371. The SMILES string of the molecule is [C-]#Cc1ccc(C(F)(F)F)cc1.[Cu+]. The average Bonchev–Trinajstić information content (AvgIpc) is 2.03. The van der Waals surface area contributed by atoms with Gasteiger partial charge in [-0.05, 0) is 0 Å². The third-order valence-electron chi connectivity index (χ3n) is 1.36. The monoisotopic (exact) mass is 232 g/mol. The Bertz CT molecular complexity index is 305. The third-order valence-corrected chi connectivity index (χ3v) is 1.36. The summed E-state index contributed by atoms with van der Waals surface area (Å²) in [7, 11) is 0. The van der Waals surface area contributed by atoms with Crippen LogP contribution < -0.4 is 0 Å². The number of benzene rings is 1. The number of alkyl halides is 3. The summed E-state index contributed by atoms with van der Waals surface area (Å²) in [5, 5.41) is 0. The molecule has 1 rings (SSSR count). The number of halogens is 3. The Morgan fingerprint density at radius 3 is 1.85 bits per heavy atom. The first-order valence-corrected chi connectivity index (χ1v) is 3.14. The van der Waals surface area contributed by atoms with Crippen molar-refractivity contribution in [1.82, 2.24) is 0 Å². The van der Waals surface area contributed by atoms with Crippen molar-refractivity contribution in [1.29, 1.82) is 0 Å². The van der Waals surface area contributed by atoms with E-state index in [4.69, 9.17) is 6.42 Å². The van der Waals surface area contributed by atoms with Crippen molar-refractivity contribution < 1.29 is 30.2 Å². The summed E-state index contributed by atoms with van der Waals surface area (Å²) in [4.78, 5) is 0. The van der Waals surface area contributed by atoms with E-state index in [0.29, 0.717) is 5.56 Å². The van der Waals surface area contributed by atoms with Gasteiger partial charge < -0.3 is 6.42 Å². The van der Waals surface area contributed by atoms with Crippen molar-refractivity contribution in [3.8, 4) is 5.92 Å². The number of hydrogen-bond acceptors (Lipinski definition) is 0. The van der Waals surface area contributed by atoms with Gasteiger partial charge in [0.05, 0.1) is 5.56 Å². The zero-order valence-corrected chi connectivity index (χ0v) is 7.19. The molecule has 13 heavy (non-hydrogen) atoms. The molecule has 1 aromatic rings. The van der Waals surface area contributed by atoms with E-state index in [9.17, 15) is 13.2 Å². The maximum Gasteiger partial charge on any atom is 1.00 e. The van der Waals surface area contributed by atoms with Gasteiger partial charge in [0.1, 0.15) is 0 Å². The van der Waals surface area contributed by atoms with Crippen LogP contribution in [0.25, 0.3) is 0 Å². The van der Waals surface area contributed by atoms with E-state index < -0.39 is 11.7 Å². The molecule has 0 aliphatic heterocycles. The van der Waals surface area contributed by atoms with Gasteiger partial charge in [-0.15, -0.1) is 17.7 Å². The molecular weight excluding hydrogens is 229 g/mol. The molecule has 0 saturated carbocycles. The molecule has 0 heterocycles. The molecule has 0 bridgehead atoms. The minimum atomic E-state index is -4.31. The minimum Gasteiger partial charge on any atom is -0.366 e. The van der Waals surface area contributed by atoms with Crippen molar-refractivity contribution in [2.75, 3.05) is 0 Å². The molecule has 0 aliphatic carbocycles. The Hall–Kier alpha value is -0.911. The van der Waals surface area contributed by atoms with Gasteiger partial charge in [-0.2, -0.15) is 13.2 Å². The second kappa shape index (κ2) is 4.36. The van der Waals surface area contributed by atoms with Crippen molar-refractivity contribution in [2.24, 2.45) is 0 Å². The zero-order chi connectivity index (χ0) is 9.19. The van der Waals surface area contributed by atoms with Gasteiger partial charge in [0.25, 0.3) is 0 Å². The minimum absolute atomic E-state index is 0. The predicted molar refractivity (Wildman–Crippen MR) is 37.7 cm³/mol. The summed E-state index contributed by atoms with van der Waals surface area (Å²) >= 11 is 0. The van der Waals surface area contributed by atoms with E-state index in [1.54, 1.807) is 0 Å². The van der Waals surface area contributed by atoms with E-state index >= 15 is 0 Å². The molecule has 0 radical (unpaired) electrons. The molecule has 0 atom stereocenters. The van der Waals surface area contributed by atoms with Gasteiger partial charge >= 0.3 is 23.2 Å². The first kappa shape index (κ1) is 12.1. The molecule has 72 valence electrons. The van der Waals surface area contributed by atoms with E-state index in [-0.39, 0.29) is 17.1 Å². The summed E-state index contributed by atoms with van der Waals surface area (Å²) in [6.45, 7) is 0. The fourth-order valence-corrected chi connectivity index (χ4v) is 0.743. The van der Waals surface area contributed by atoms with Crippen molar-refractivity contribution in [3.05, 3.63) is 41.8 Å². The van der Waals surface area contributed by atoms with Crippen LogP contribution in [-0.2, 0) is 23.2 Å². The summed E-state index contributed by atoms with van der Waals surface area (Å²) in [6.07, 6.45) is 2.33. The normalized spacial score (nSPS) is 10.0. The maximum absolute atomic E-state index is 12.0. The van der Waals surface area contributed by atoms with Crippen molar-refractivity contribution >= 4 is 0 Å². The quantitative estimate of drug-likeness (QED) is 0.367. The van der Waals surface area contributed by atoms with Crippen LogP contribution in [0.5, 0.6) is 0 Å². The smallest absolute Gasteiger partial charge is 0.366 e. The summed E-state index contributed by atoms with van der Waals surface area (Å²) in [5.74, 6) is 1.99. The van der Waals surface area contributed by atoms with Gasteiger partial charge in [-0.25, -0.2) is 0 Å². The van der Waals surface area contributed by atoms with Gasteiger partial charge in [-0.1, -0.05) is 12.1 Å². The van der Waals surface area contributed by atoms with Gasteiger partial charge in [0, 0.05) is 0 Å². The second-order valence-corrected chi connectivity index (χ2v) is 2.20. The van der Waals surface area contributed by atoms with Crippen LogP contribution >= 0.6 is 0 Å². The first-order valence-electron chi connectivity index (χ1n) is 3.14. The van der Waals surface area contributed by atoms with Gasteiger partial charge in [-0.3, -0.25) is 5.92 Å². The molecule has 0 nitrogen and oxygen atoms in total. The third kappa shape index (κ3) is 3.14. The van der Waals surface area contributed by atoms with E-state index in [0.717, 1.165) is 12.1 Å². The number of hydrogen-bond donors (Lipinski definition) is 0.